The normalized spacial score (nSPS) is 11.3. The Morgan fingerprint density at radius 2 is 1.90 bits per heavy atom. The molecular weight excluding hydrogens is 290 g/mol. The van der Waals surface area contributed by atoms with E-state index >= 15 is 0 Å². The van der Waals surface area contributed by atoms with Crippen LogP contribution in [-0.4, -0.2) is 24.5 Å². The van der Waals surface area contributed by atoms with Gasteiger partial charge in [0, 0.05) is 5.69 Å². The van der Waals surface area contributed by atoms with Gasteiger partial charge in [-0.3, -0.25) is 4.98 Å². The van der Waals surface area contributed by atoms with Gasteiger partial charge in [0.15, 0.2) is 9.84 Å². The Morgan fingerprint density at radius 3 is 2.52 bits per heavy atom. The maximum Gasteiger partial charge on any atom is 0.335 e. The highest BCUT2D eigenvalue weighted by Crippen LogP contribution is 2.21. The largest absolute Gasteiger partial charge is 0.478 e. The number of sulfone groups is 1. The number of aromatic nitrogens is 1. The second kappa shape index (κ2) is 5.65. The number of aromatic carboxylic acids is 1. The Hall–Kier alpha value is -2.21. The molecule has 6 heteroatoms. The van der Waals surface area contributed by atoms with Crippen LogP contribution in [-0.2, 0) is 15.6 Å². The molecule has 5 nitrogen and oxygen atoms in total. The van der Waals surface area contributed by atoms with Crippen molar-refractivity contribution in [1.82, 2.24) is 4.98 Å². The Bertz CT molecular complexity index is 797. The van der Waals surface area contributed by atoms with Crippen LogP contribution in [0.1, 0.15) is 27.3 Å². The summed E-state index contributed by atoms with van der Waals surface area (Å²) in [5, 5.41) is 8.98. The number of benzene rings is 1. The molecule has 0 aliphatic carbocycles. The number of hydrogen-bond donors (Lipinski definition) is 1. The van der Waals surface area contributed by atoms with Gasteiger partial charge >= 0.3 is 5.97 Å². The first kappa shape index (κ1) is 15.2. The molecule has 0 unspecified atom stereocenters. The first-order valence-corrected chi connectivity index (χ1v) is 7.94. The van der Waals surface area contributed by atoms with E-state index in [1.54, 1.807) is 32.0 Å². The maximum absolute atomic E-state index is 12.5. The molecular formula is C15H15NO4S. The Balaban J connectivity index is 2.44. The van der Waals surface area contributed by atoms with E-state index < -0.39 is 15.8 Å². The van der Waals surface area contributed by atoms with Crippen LogP contribution < -0.4 is 0 Å². The highest BCUT2D eigenvalue weighted by atomic mass is 32.2. The van der Waals surface area contributed by atoms with Gasteiger partial charge in [-0.15, -0.1) is 0 Å². The van der Waals surface area contributed by atoms with Crippen molar-refractivity contribution in [3.63, 3.8) is 0 Å². The first-order chi connectivity index (χ1) is 9.79. The van der Waals surface area contributed by atoms with Crippen molar-refractivity contribution in [2.24, 2.45) is 0 Å². The molecule has 1 aromatic heterocycles. The van der Waals surface area contributed by atoms with E-state index in [0.717, 1.165) is 5.69 Å². The molecule has 2 rings (SSSR count). The number of hydrogen-bond acceptors (Lipinski definition) is 4. The summed E-state index contributed by atoms with van der Waals surface area (Å²) < 4.78 is 25.0. The molecule has 0 bridgehead atoms. The van der Waals surface area contributed by atoms with Crippen LogP contribution >= 0.6 is 0 Å². The van der Waals surface area contributed by atoms with Crippen LogP contribution in [0.3, 0.4) is 0 Å². The van der Waals surface area contributed by atoms with Gasteiger partial charge in [0.25, 0.3) is 0 Å². The quantitative estimate of drug-likeness (QED) is 0.937. The zero-order valence-corrected chi connectivity index (χ0v) is 12.5. The topological polar surface area (TPSA) is 84.3 Å². The van der Waals surface area contributed by atoms with Crippen molar-refractivity contribution < 1.29 is 18.3 Å². The molecule has 1 heterocycles. The van der Waals surface area contributed by atoms with Crippen molar-refractivity contribution in [1.29, 1.82) is 0 Å². The predicted octanol–water partition coefficient (Wildman–Crippen LogP) is 2.37. The van der Waals surface area contributed by atoms with E-state index in [1.807, 2.05) is 0 Å². The molecule has 0 amide bonds. The third-order valence-corrected chi connectivity index (χ3v) is 4.84. The second-order valence-electron chi connectivity index (χ2n) is 4.81. The van der Waals surface area contributed by atoms with E-state index in [4.69, 9.17) is 5.11 Å². The number of rotatable bonds is 4. The first-order valence-electron chi connectivity index (χ1n) is 6.29. The van der Waals surface area contributed by atoms with Gasteiger partial charge in [0.1, 0.15) is 0 Å². The van der Waals surface area contributed by atoms with E-state index in [2.05, 4.69) is 4.98 Å². The van der Waals surface area contributed by atoms with E-state index in [9.17, 15) is 13.2 Å². The summed E-state index contributed by atoms with van der Waals surface area (Å²) in [6, 6.07) is 9.26. The minimum atomic E-state index is -3.64. The summed E-state index contributed by atoms with van der Waals surface area (Å²) in [5.41, 5.74) is 1.65. The average Bonchev–Trinajstić information content (AvgIpc) is 2.38. The Kier molecular flexibility index (Phi) is 4.09. The summed E-state index contributed by atoms with van der Waals surface area (Å²) >= 11 is 0. The van der Waals surface area contributed by atoms with Crippen molar-refractivity contribution >= 4 is 15.8 Å². The molecule has 1 N–H and O–H groups in total. The van der Waals surface area contributed by atoms with Gasteiger partial charge in [-0.1, -0.05) is 12.1 Å². The van der Waals surface area contributed by atoms with Gasteiger partial charge in [-0.05, 0) is 43.7 Å². The standard InChI is InChI=1S/C15H15NO4S/c1-10-6-7-12(15(17)18)8-14(10)21(19,20)9-13-5-3-4-11(2)16-13/h3-8H,9H2,1-2H3,(H,17,18). The minimum Gasteiger partial charge on any atom is -0.478 e. The molecule has 21 heavy (non-hydrogen) atoms. The van der Waals surface area contributed by atoms with Crippen LogP contribution in [0.5, 0.6) is 0 Å². The second-order valence-corrected chi connectivity index (χ2v) is 6.77. The lowest BCUT2D eigenvalue weighted by molar-refractivity contribution is 0.0696. The minimum absolute atomic E-state index is 0.0331. The van der Waals surface area contributed by atoms with Crippen LogP contribution in [0.2, 0.25) is 0 Å². The average molecular weight is 305 g/mol. The molecule has 0 aliphatic rings. The van der Waals surface area contributed by atoms with Crippen molar-refractivity contribution in [3.05, 3.63) is 58.9 Å². The number of carboxylic acid groups (broad SMARTS) is 1. The van der Waals surface area contributed by atoms with Crippen LogP contribution in [0, 0.1) is 13.8 Å². The summed E-state index contributed by atoms with van der Waals surface area (Å²) in [4.78, 5) is 15.2. The van der Waals surface area contributed by atoms with E-state index in [-0.39, 0.29) is 16.2 Å². The smallest absolute Gasteiger partial charge is 0.335 e. The summed E-state index contributed by atoms with van der Waals surface area (Å²) in [5.74, 6) is -1.40. The lowest BCUT2D eigenvalue weighted by Crippen LogP contribution is -2.10. The lowest BCUT2D eigenvalue weighted by atomic mass is 10.1. The van der Waals surface area contributed by atoms with Crippen molar-refractivity contribution in [3.8, 4) is 0 Å². The molecule has 1 aromatic carbocycles. The van der Waals surface area contributed by atoms with Crippen LogP contribution in [0.15, 0.2) is 41.3 Å². The highest BCUT2D eigenvalue weighted by molar-refractivity contribution is 7.90. The zero-order chi connectivity index (χ0) is 15.6. The Morgan fingerprint density at radius 1 is 1.19 bits per heavy atom. The molecule has 0 atom stereocenters. The van der Waals surface area contributed by atoms with E-state index in [0.29, 0.717) is 11.3 Å². The summed E-state index contributed by atoms with van der Waals surface area (Å²) in [6.07, 6.45) is 0. The van der Waals surface area contributed by atoms with E-state index in [1.165, 1.54) is 18.2 Å². The van der Waals surface area contributed by atoms with Crippen molar-refractivity contribution in [2.75, 3.05) is 0 Å². The molecule has 0 aliphatic heterocycles. The SMILES string of the molecule is Cc1cccc(CS(=O)(=O)c2cc(C(=O)O)ccc2C)n1. The summed E-state index contributed by atoms with van der Waals surface area (Å²) in [6.45, 7) is 3.43. The molecule has 0 spiro atoms. The predicted molar refractivity (Wildman–Crippen MR) is 78.0 cm³/mol. The zero-order valence-electron chi connectivity index (χ0n) is 11.7. The molecule has 0 radical (unpaired) electrons. The van der Waals surface area contributed by atoms with Gasteiger partial charge < -0.3 is 5.11 Å². The third-order valence-electron chi connectivity index (χ3n) is 3.05. The number of pyridine rings is 1. The number of nitrogens with zero attached hydrogens (tertiary/aromatic N) is 1. The van der Waals surface area contributed by atoms with Gasteiger partial charge in [-0.25, -0.2) is 13.2 Å². The molecule has 0 saturated heterocycles. The fourth-order valence-electron chi connectivity index (χ4n) is 2.02. The third kappa shape index (κ3) is 3.46. The number of aryl methyl sites for hydroxylation is 2. The van der Waals surface area contributed by atoms with Crippen molar-refractivity contribution in [2.45, 2.75) is 24.5 Å². The number of carboxylic acids is 1. The molecule has 110 valence electrons. The molecule has 2 aromatic rings. The van der Waals surface area contributed by atoms with Gasteiger partial charge in [-0.2, -0.15) is 0 Å². The monoisotopic (exact) mass is 305 g/mol. The number of carbonyl (C=O) groups is 1. The van der Waals surface area contributed by atoms with Crippen LogP contribution in [0.4, 0.5) is 0 Å². The van der Waals surface area contributed by atoms with Gasteiger partial charge in [0.2, 0.25) is 0 Å². The maximum atomic E-state index is 12.5. The Labute approximate surface area is 123 Å². The summed E-state index contributed by atoms with van der Waals surface area (Å²) in [7, 11) is -3.64. The lowest BCUT2D eigenvalue weighted by Gasteiger charge is -2.09. The highest BCUT2D eigenvalue weighted by Gasteiger charge is 2.20. The molecule has 0 saturated carbocycles. The van der Waals surface area contributed by atoms with Crippen LogP contribution in [0.25, 0.3) is 0 Å². The molecule has 0 fully saturated rings. The fourth-order valence-corrected chi connectivity index (χ4v) is 3.59. The van der Waals surface area contributed by atoms with Gasteiger partial charge in [0.05, 0.1) is 21.9 Å². The fraction of sp³-hybridized carbons (Fsp3) is 0.200.